The first-order valence-corrected chi connectivity index (χ1v) is 10.6. The number of aromatic amines is 2. The Labute approximate surface area is 138 Å². The van der Waals surface area contributed by atoms with Gasteiger partial charge in [0.2, 0.25) is 0 Å². The molecule has 7 nitrogen and oxygen atoms in total. The average molecular weight is 466 g/mol. The van der Waals surface area contributed by atoms with Gasteiger partial charge in [0.1, 0.15) is 0 Å². The Bertz CT molecular complexity index is 743. The first kappa shape index (κ1) is 18.2. The van der Waals surface area contributed by atoms with Crippen LogP contribution < -0.4 is 0 Å². The van der Waals surface area contributed by atoms with E-state index in [1.807, 2.05) is 0 Å². The third kappa shape index (κ3) is 3.38. The second-order valence-electron chi connectivity index (χ2n) is 4.71. The van der Waals surface area contributed by atoms with E-state index in [0.29, 0.717) is 29.9 Å². The minimum absolute atomic E-state index is 0.384. The van der Waals surface area contributed by atoms with Gasteiger partial charge in [-0.1, -0.05) is 0 Å². The first-order chi connectivity index (χ1) is 10.5. The molecule has 0 aromatic carbocycles. The Morgan fingerprint density at radius 1 is 0.957 bits per heavy atom. The Kier molecular flexibility index (Phi) is 4.79. The molecular formula is C11H14F3IN4O3S. The molecule has 0 aliphatic heterocycles. The summed E-state index contributed by atoms with van der Waals surface area (Å²) in [6, 6.07) is 0. The van der Waals surface area contributed by atoms with E-state index in [1.54, 1.807) is 27.7 Å². The van der Waals surface area contributed by atoms with Crippen LogP contribution in [0.1, 0.15) is 22.8 Å². The van der Waals surface area contributed by atoms with E-state index in [0.717, 1.165) is 0 Å². The maximum absolute atomic E-state index is 12.7. The Hall–Kier alpha value is -1.15. The van der Waals surface area contributed by atoms with Gasteiger partial charge in [0, 0.05) is 0 Å². The molecule has 2 rings (SSSR count). The number of alkyl halides is 3. The minimum atomic E-state index is -5.73. The molecule has 0 bridgehead atoms. The molecule has 2 aromatic heterocycles. The number of nitrogens with zero attached hydrogens (tertiary/aromatic N) is 2. The summed E-state index contributed by atoms with van der Waals surface area (Å²) in [7, 11) is -5.73. The second kappa shape index (κ2) is 6.05. The third-order valence-electron chi connectivity index (χ3n) is 2.85. The van der Waals surface area contributed by atoms with Gasteiger partial charge in [0.05, 0.1) is 0 Å². The summed E-state index contributed by atoms with van der Waals surface area (Å²) in [5, 5.41) is 13.1. The van der Waals surface area contributed by atoms with E-state index in [-0.39, 0.29) is 0 Å². The van der Waals surface area contributed by atoms with Crippen molar-refractivity contribution in [2.75, 3.05) is 0 Å². The molecule has 0 radical (unpaired) electrons. The van der Waals surface area contributed by atoms with Gasteiger partial charge in [-0.25, -0.2) is 0 Å². The van der Waals surface area contributed by atoms with E-state index in [1.165, 1.54) is 0 Å². The van der Waals surface area contributed by atoms with E-state index in [2.05, 4.69) is 20.4 Å². The quantitative estimate of drug-likeness (QED) is 0.533. The molecular weight excluding hydrogens is 452 g/mol. The maximum atomic E-state index is 12.7. The van der Waals surface area contributed by atoms with E-state index >= 15 is 0 Å². The van der Waals surface area contributed by atoms with Gasteiger partial charge in [0.25, 0.3) is 0 Å². The Morgan fingerprint density at radius 2 is 1.35 bits per heavy atom. The number of halogens is 4. The predicted molar refractivity (Wildman–Crippen MR) is 83.6 cm³/mol. The number of hydrogen-bond donors (Lipinski definition) is 2. The number of hydrogen-bond acceptors (Lipinski definition) is 5. The van der Waals surface area contributed by atoms with Gasteiger partial charge >= 0.3 is 138 Å². The van der Waals surface area contributed by atoms with Crippen molar-refractivity contribution in [3.8, 4) is 0 Å². The molecule has 0 saturated carbocycles. The van der Waals surface area contributed by atoms with Crippen molar-refractivity contribution in [3.05, 3.63) is 29.9 Å². The molecule has 2 aromatic rings. The van der Waals surface area contributed by atoms with Crippen molar-refractivity contribution < 1.29 is 24.1 Å². The zero-order valence-electron chi connectivity index (χ0n) is 12.5. The SMILES string of the molecule is Cc1n[nH]c(C)c1I(OS(=O)(=O)C(F)(F)F)c1c(C)n[nH]c1C. The van der Waals surface area contributed by atoms with Crippen LogP contribution in [-0.2, 0) is 12.6 Å². The zero-order valence-corrected chi connectivity index (χ0v) is 15.5. The summed E-state index contributed by atoms with van der Waals surface area (Å²) in [6.45, 7) is 6.37. The van der Waals surface area contributed by atoms with Crippen LogP contribution in [0.15, 0.2) is 0 Å². The van der Waals surface area contributed by atoms with Crippen molar-refractivity contribution in [2.24, 2.45) is 0 Å². The van der Waals surface area contributed by atoms with Gasteiger partial charge in [0.15, 0.2) is 0 Å². The summed E-state index contributed by atoms with van der Waals surface area (Å²) in [6.07, 6.45) is 0. The molecule has 2 heterocycles. The number of aromatic nitrogens is 4. The molecule has 0 atom stereocenters. The van der Waals surface area contributed by atoms with Crippen LogP contribution in [0.2, 0.25) is 0 Å². The van der Waals surface area contributed by atoms with Crippen LogP contribution in [0.25, 0.3) is 0 Å². The van der Waals surface area contributed by atoms with Crippen LogP contribution in [0.5, 0.6) is 0 Å². The Morgan fingerprint density at radius 3 is 1.61 bits per heavy atom. The van der Waals surface area contributed by atoms with Crippen LogP contribution >= 0.6 is 20.2 Å². The van der Waals surface area contributed by atoms with Crippen LogP contribution in [0.4, 0.5) is 13.2 Å². The average Bonchev–Trinajstić information content (AvgIpc) is 2.90. The predicted octanol–water partition coefficient (Wildman–Crippen LogP) is 2.69. The molecule has 2 N–H and O–H groups in total. The topological polar surface area (TPSA) is 101 Å². The fourth-order valence-corrected chi connectivity index (χ4v) is 9.24. The molecule has 12 heteroatoms. The van der Waals surface area contributed by atoms with Gasteiger partial charge in [-0.15, -0.1) is 0 Å². The molecule has 0 saturated heterocycles. The van der Waals surface area contributed by atoms with Crippen molar-refractivity contribution >= 4 is 30.4 Å². The van der Waals surface area contributed by atoms with Crippen LogP contribution in [-0.4, -0.2) is 34.3 Å². The van der Waals surface area contributed by atoms with E-state index < -0.39 is 35.9 Å². The molecule has 23 heavy (non-hydrogen) atoms. The van der Waals surface area contributed by atoms with Gasteiger partial charge < -0.3 is 0 Å². The third-order valence-corrected chi connectivity index (χ3v) is 11.3. The number of H-pyrrole nitrogens is 2. The van der Waals surface area contributed by atoms with Crippen LogP contribution in [0.3, 0.4) is 0 Å². The summed E-state index contributed by atoms with van der Waals surface area (Å²) in [5.41, 5.74) is -3.72. The van der Waals surface area contributed by atoms with Crippen LogP contribution in [0, 0.1) is 34.8 Å². The summed E-state index contributed by atoms with van der Waals surface area (Å²) >= 11 is -3.45. The first-order valence-electron chi connectivity index (χ1n) is 6.20. The molecule has 0 aliphatic rings. The van der Waals surface area contributed by atoms with Crippen molar-refractivity contribution in [3.63, 3.8) is 0 Å². The molecule has 0 amide bonds. The molecule has 130 valence electrons. The summed E-state index contributed by atoms with van der Waals surface area (Å²) < 4.78 is 66.8. The van der Waals surface area contributed by atoms with E-state index in [9.17, 15) is 21.6 Å². The monoisotopic (exact) mass is 466 g/mol. The van der Waals surface area contributed by atoms with Crippen molar-refractivity contribution in [2.45, 2.75) is 33.2 Å². The Balaban J connectivity index is 2.64. The number of aryl methyl sites for hydroxylation is 4. The van der Waals surface area contributed by atoms with Gasteiger partial charge in [-0.3, -0.25) is 0 Å². The zero-order chi connectivity index (χ0) is 17.6. The number of rotatable bonds is 4. The van der Waals surface area contributed by atoms with Crippen molar-refractivity contribution in [1.29, 1.82) is 0 Å². The fraction of sp³-hybridized carbons (Fsp3) is 0.455. The molecule has 0 aliphatic carbocycles. The molecule has 0 fully saturated rings. The fourth-order valence-electron chi connectivity index (χ4n) is 1.86. The molecule has 0 unspecified atom stereocenters. The van der Waals surface area contributed by atoms with Gasteiger partial charge in [-0.05, 0) is 0 Å². The normalized spacial score (nSPS) is 13.4. The standard InChI is InChI=1S/C11H14F3IN4O3S/c1-5-9(6(2)17-16-5)15(10-7(3)18-19-8(10)4)22-23(20,21)11(12,13)14/h1-4H3,(H,16,17)(H,18,19). The number of nitrogens with one attached hydrogen (secondary N) is 2. The summed E-state index contributed by atoms with van der Waals surface area (Å²) in [5.74, 6) is 0. The molecule has 0 spiro atoms. The summed E-state index contributed by atoms with van der Waals surface area (Å²) in [4.78, 5) is 0. The van der Waals surface area contributed by atoms with E-state index in [4.69, 9.17) is 2.51 Å². The second-order valence-corrected chi connectivity index (χ2v) is 10.9. The van der Waals surface area contributed by atoms with Gasteiger partial charge in [-0.2, -0.15) is 0 Å². The van der Waals surface area contributed by atoms with Crippen molar-refractivity contribution in [1.82, 2.24) is 20.4 Å².